The van der Waals surface area contributed by atoms with E-state index in [-0.39, 0.29) is 5.76 Å². The van der Waals surface area contributed by atoms with Gasteiger partial charge in [0.05, 0.1) is 6.54 Å². The molecule has 4 heteroatoms. The Hall–Kier alpha value is -2.67. The van der Waals surface area contributed by atoms with Gasteiger partial charge in [0.15, 0.2) is 0 Å². The summed E-state index contributed by atoms with van der Waals surface area (Å²) >= 11 is 0. The molecule has 0 aliphatic rings. The second-order valence-corrected chi connectivity index (χ2v) is 4.11. The van der Waals surface area contributed by atoms with Crippen molar-refractivity contribution >= 4 is 11.7 Å². The molecular weight excluding hydrogens is 242 g/mol. The Morgan fingerprint density at radius 3 is 2.89 bits per heavy atom. The molecule has 1 aromatic heterocycles. The first kappa shape index (κ1) is 12.8. The minimum Gasteiger partial charge on any atom is -0.475 e. The fraction of sp³-hybridized carbons (Fsp3) is 0.133. The van der Waals surface area contributed by atoms with Crippen molar-refractivity contribution < 1.29 is 14.3 Å². The van der Waals surface area contributed by atoms with Crippen LogP contribution in [0, 0.1) is 19.3 Å². The molecule has 1 aromatic carbocycles. The number of carboxylic acid groups (broad SMARTS) is 1. The number of benzene rings is 1. The predicted octanol–water partition coefficient (Wildman–Crippen LogP) is 2.88. The van der Waals surface area contributed by atoms with Gasteiger partial charge in [-0.15, -0.1) is 6.42 Å². The van der Waals surface area contributed by atoms with Crippen LogP contribution in [0.3, 0.4) is 0 Å². The first-order valence-corrected chi connectivity index (χ1v) is 5.73. The Morgan fingerprint density at radius 2 is 2.26 bits per heavy atom. The molecule has 0 atom stereocenters. The maximum atomic E-state index is 10.9. The fourth-order valence-corrected chi connectivity index (χ4v) is 1.76. The van der Waals surface area contributed by atoms with Gasteiger partial charge < -0.3 is 14.8 Å². The maximum absolute atomic E-state index is 10.9. The molecule has 0 aliphatic heterocycles. The fourth-order valence-electron chi connectivity index (χ4n) is 1.76. The summed E-state index contributed by atoms with van der Waals surface area (Å²) < 4.78 is 5.25. The number of terminal acetylenes is 1. The zero-order valence-electron chi connectivity index (χ0n) is 10.4. The van der Waals surface area contributed by atoms with Crippen molar-refractivity contribution in [3.05, 3.63) is 53.0 Å². The molecule has 1 heterocycles. The molecule has 0 radical (unpaired) electrons. The Kier molecular flexibility index (Phi) is 3.58. The SMILES string of the molecule is C#Cc1cccc(NCc2cc(C)c(C(=O)O)o2)c1. The van der Waals surface area contributed by atoms with Crippen molar-refractivity contribution in [3.8, 4) is 12.3 Å². The lowest BCUT2D eigenvalue weighted by Gasteiger charge is -2.04. The number of aryl methyl sites for hydroxylation is 1. The van der Waals surface area contributed by atoms with E-state index in [1.54, 1.807) is 13.0 Å². The summed E-state index contributed by atoms with van der Waals surface area (Å²) in [6.45, 7) is 2.11. The lowest BCUT2D eigenvalue weighted by atomic mass is 10.2. The molecule has 0 spiro atoms. The normalized spacial score (nSPS) is 9.89. The molecule has 0 amide bonds. The van der Waals surface area contributed by atoms with E-state index >= 15 is 0 Å². The highest BCUT2D eigenvalue weighted by atomic mass is 16.4. The third-order valence-corrected chi connectivity index (χ3v) is 2.66. The van der Waals surface area contributed by atoms with Crippen molar-refractivity contribution in [1.29, 1.82) is 0 Å². The summed E-state index contributed by atoms with van der Waals surface area (Å²) in [7, 11) is 0. The van der Waals surface area contributed by atoms with Crippen molar-refractivity contribution in [2.75, 3.05) is 5.32 Å². The summed E-state index contributed by atoms with van der Waals surface area (Å²) in [5.74, 6) is 2.05. The van der Waals surface area contributed by atoms with Crippen molar-refractivity contribution in [2.24, 2.45) is 0 Å². The number of carboxylic acids is 1. The average molecular weight is 255 g/mol. The van der Waals surface area contributed by atoms with E-state index in [0.29, 0.717) is 17.9 Å². The Labute approximate surface area is 111 Å². The highest BCUT2D eigenvalue weighted by Gasteiger charge is 2.13. The highest BCUT2D eigenvalue weighted by Crippen LogP contribution is 2.17. The molecule has 0 bridgehead atoms. The Balaban J connectivity index is 2.08. The number of rotatable bonds is 4. The number of aromatic carboxylic acids is 1. The lowest BCUT2D eigenvalue weighted by Crippen LogP contribution is -1.98. The standard InChI is InChI=1S/C15H13NO3/c1-3-11-5-4-6-12(8-11)16-9-13-7-10(2)14(19-13)15(17)18/h1,4-8,16H,9H2,2H3,(H,17,18). The van der Waals surface area contributed by atoms with Crippen LogP contribution in [0.15, 0.2) is 34.7 Å². The monoisotopic (exact) mass is 255 g/mol. The highest BCUT2D eigenvalue weighted by molar-refractivity contribution is 5.86. The topological polar surface area (TPSA) is 62.5 Å². The minimum atomic E-state index is -1.06. The molecule has 0 fully saturated rings. The predicted molar refractivity (Wildman–Crippen MR) is 72.1 cm³/mol. The Morgan fingerprint density at radius 1 is 1.47 bits per heavy atom. The summed E-state index contributed by atoms with van der Waals surface area (Å²) in [6, 6.07) is 9.13. The summed E-state index contributed by atoms with van der Waals surface area (Å²) in [5, 5.41) is 12.0. The van der Waals surface area contributed by atoms with E-state index in [4.69, 9.17) is 15.9 Å². The second-order valence-electron chi connectivity index (χ2n) is 4.11. The third kappa shape index (κ3) is 2.96. The van der Waals surface area contributed by atoms with Crippen LogP contribution >= 0.6 is 0 Å². The van der Waals surface area contributed by atoms with Crippen LogP contribution in [0.2, 0.25) is 0 Å². The largest absolute Gasteiger partial charge is 0.475 e. The van der Waals surface area contributed by atoms with E-state index in [0.717, 1.165) is 11.3 Å². The molecule has 2 N–H and O–H groups in total. The number of hydrogen-bond acceptors (Lipinski definition) is 3. The number of carbonyl (C=O) groups is 1. The molecule has 2 aromatic rings. The Bertz CT molecular complexity index is 650. The van der Waals surface area contributed by atoms with E-state index in [2.05, 4.69) is 11.2 Å². The third-order valence-electron chi connectivity index (χ3n) is 2.66. The van der Waals surface area contributed by atoms with Gasteiger partial charge in [0.1, 0.15) is 5.76 Å². The van der Waals surface area contributed by atoms with E-state index in [1.165, 1.54) is 0 Å². The molecule has 19 heavy (non-hydrogen) atoms. The smallest absolute Gasteiger partial charge is 0.372 e. The van der Waals surface area contributed by atoms with Gasteiger partial charge in [0.2, 0.25) is 5.76 Å². The van der Waals surface area contributed by atoms with E-state index in [1.807, 2.05) is 24.3 Å². The molecule has 0 aliphatic carbocycles. The molecule has 0 saturated heterocycles. The first-order chi connectivity index (χ1) is 9.10. The zero-order chi connectivity index (χ0) is 13.8. The van der Waals surface area contributed by atoms with E-state index in [9.17, 15) is 4.79 Å². The summed E-state index contributed by atoms with van der Waals surface area (Å²) in [4.78, 5) is 10.9. The number of nitrogens with one attached hydrogen (secondary N) is 1. The minimum absolute atomic E-state index is 0.0193. The molecule has 4 nitrogen and oxygen atoms in total. The van der Waals surface area contributed by atoms with Gasteiger partial charge in [-0.25, -0.2) is 4.79 Å². The lowest BCUT2D eigenvalue weighted by molar-refractivity contribution is 0.0659. The van der Waals surface area contributed by atoms with Crippen LogP contribution in [0.1, 0.15) is 27.4 Å². The van der Waals surface area contributed by atoms with Crippen LogP contribution in [0.5, 0.6) is 0 Å². The average Bonchev–Trinajstić information content (AvgIpc) is 2.78. The van der Waals surface area contributed by atoms with Crippen LogP contribution in [0.4, 0.5) is 5.69 Å². The molecule has 96 valence electrons. The van der Waals surface area contributed by atoms with Gasteiger partial charge in [-0.1, -0.05) is 12.0 Å². The van der Waals surface area contributed by atoms with Gasteiger partial charge in [-0.2, -0.15) is 0 Å². The van der Waals surface area contributed by atoms with Gasteiger partial charge >= 0.3 is 5.97 Å². The first-order valence-electron chi connectivity index (χ1n) is 5.73. The number of furan rings is 1. The molecule has 0 saturated carbocycles. The van der Waals surface area contributed by atoms with Crippen LogP contribution in [0.25, 0.3) is 0 Å². The molecular formula is C15H13NO3. The van der Waals surface area contributed by atoms with Crippen LogP contribution < -0.4 is 5.32 Å². The van der Waals surface area contributed by atoms with Crippen molar-refractivity contribution in [2.45, 2.75) is 13.5 Å². The van der Waals surface area contributed by atoms with Crippen molar-refractivity contribution in [1.82, 2.24) is 0 Å². The van der Waals surface area contributed by atoms with E-state index < -0.39 is 5.97 Å². The molecule has 2 rings (SSSR count). The number of anilines is 1. The summed E-state index contributed by atoms with van der Waals surface area (Å²) in [5.41, 5.74) is 2.26. The van der Waals surface area contributed by atoms with Gasteiger partial charge in [-0.05, 0) is 31.2 Å². The van der Waals surface area contributed by atoms with Crippen molar-refractivity contribution in [3.63, 3.8) is 0 Å². The van der Waals surface area contributed by atoms with Crippen LogP contribution in [-0.2, 0) is 6.54 Å². The summed E-state index contributed by atoms with van der Waals surface area (Å²) in [6.07, 6.45) is 5.32. The van der Waals surface area contributed by atoms with Gasteiger partial charge in [-0.3, -0.25) is 0 Å². The second kappa shape index (κ2) is 5.32. The number of hydrogen-bond donors (Lipinski definition) is 2. The van der Waals surface area contributed by atoms with Crippen LogP contribution in [-0.4, -0.2) is 11.1 Å². The molecule has 0 unspecified atom stereocenters. The quantitative estimate of drug-likeness (QED) is 0.825. The van der Waals surface area contributed by atoms with Gasteiger partial charge in [0, 0.05) is 16.8 Å². The maximum Gasteiger partial charge on any atom is 0.372 e. The zero-order valence-corrected chi connectivity index (χ0v) is 10.4. The van der Waals surface area contributed by atoms with Gasteiger partial charge in [0.25, 0.3) is 0 Å².